The molecule has 2 N–H and O–H groups in total. The zero-order valence-electron chi connectivity index (χ0n) is 12.6. The van der Waals surface area contributed by atoms with E-state index in [1.54, 1.807) is 36.5 Å². The Hall–Kier alpha value is -2.12. The summed E-state index contributed by atoms with van der Waals surface area (Å²) in [5.74, 6) is 0.370. The molecule has 1 aromatic heterocycles. The summed E-state index contributed by atoms with van der Waals surface area (Å²) in [5.41, 5.74) is 0.945. The van der Waals surface area contributed by atoms with E-state index in [9.17, 15) is 9.59 Å². The molecule has 1 aliphatic heterocycles. The van der Waals surface area contributed by atoms with Crippen molar-refractivity contribution in [2.45, 2.75) is 0 Å². The van der Waals surface area contributed by atoms with Crippen LogP contribution in [0.5, 0.6) is 0 Å². The van der Waals surface area contributed by atoms with Gasteiger partial charge in [-0.05, 0) is 30.3 Å². The summed E-state index contributed by atoms with van der Waals surface area (Å²) in [6, 6.07) is 8.59. The lowest BCUT2D eigenvalue weighted by Gasteiger charge is -2.27. The van der Waals surface area contributed by atoms with E-state index in [2.05, 4.69) is 31.5 Å². The van der Waals surface area contributed by atoms with Gasteiger partial charge in [-0.15, -0.1) is 0 Å². The Kier molecular flexibility index (Phi) is 5.01. The molecular formula is C16H14BrClN4O2. The van der Waals surface area contributed by atoms with Crippen molar-refractivity contribution in [3.8, 4) is 0 Å². The Labute approximate surface area is 152 Å². The van der Waals surface area contributed by atoms with E-state index in [1.165, 1.54) is 0 Å². The highest BCUT2D eigenvalue weighted by Crippen LogP contribution is 2.22. The predicted molar refractivity (Wildman–Crippen MR) is 96.6 cm³/mol. The highest BCUT2D eigenvalue weighted by Gasteiger charge is 2.17. The minimum atomic E-state index is -0.306. The fraction of sp³-hybridized carbons (Fsp3) is 0.188. The number of nitrogens with zero attached hydrogens (tertiary/aromatic N) is 2. The molecule has 0 aliphatic carbocycles. The molecular weight excluding hydrogens is 396 g/mol. The molecule has 124 valence electrons. The number of halogens is 2. The smallest absolute Gasteiger partial charge is 0.257 e. The van der Waals surface area contributed by atoms with Gasteiger partial charge in [-0.1, -0.05) is 27.5 Å². The van der Waals surface area contributed by atoms with Gasteiger partial charge in [-0.3, -0.25) is 9.59 Å². The van der Waals surface area contributed by atoms with Crippen LogP contribution in [0, 0.1) is 0 Å². The molecule has 1 saturated heterocycles. The maximum Gasteiger partial charge on any atom is 0.257 e. The third-order valence-electron chi connectivity index (χ3n) is 3.54. The molecule has 2 amide bonds. The SMILES string of the molecule is O=C1CN(c2ccc(NC(=O)c3ccc(Br)cc3Cl)cn2)CCN1. The van der Waals surface area contributed by atoms with Crippen LogP contribution in [0.3, 0.4) is 0 Å². The van der Waals surface area contributed by atoms with Gasteiger partial charge in [0.2, 0.25) is 5.91 Å². The van der Waals surface area contributed by atoms with Crippen LogP contribution in [0.2, 0.25) is 5.02 Å². The molecule has 2 heterocycles. The number of pyridine rings is 1. The lowest BCUT2D eigenvalue weighted by Crippen LogP contribution is -2.48. The van der Waals surface area contributed by atoms with E-state index in [0.29, 0.717) is 35.2 Å². The fourth-order valence-corrected chi connectivity index (χ4v) is 3.11. The minimum absolute atomic E-state index is 0.0229. The summed E-state index contributed by atoms with van der Waals surface area (Å²) in [5, 5.41) is 5.89. The number of anilines is 2. The van der Waals surface area contributed by atoms with Crippen molar-refractivity contribution in [3.05, 3.63) is 51.6 Å². The Bertz CT molecular complexity index is 782. The van der Waals surface area contributed by atoms with Crippen LogP contribution in [0.1, 0.15) is 10.4 Å². The second-order valence-corrected chi connectivity index (χ2v) is 6.58. The Balaban J connectivity index is 1.69. The maximum absolute atomic E-state index is 12.3. The van der Waals surface area contributed by atoms with E-state index >= 15 is 0 Å². The molecule has 3 rings (SSSR count). The van der Waals surface area contributed by atoms with Crippen molar-refractivity contribution in [2.75, 3.05) is 29.9 Å². The van der Waals surface area contributed by atoms with Crippen molar-refractivity contribution in [2.24, 2.45) is 0 Å². The van der Waals surface area contributed by atoms with E-state index in [4.69, 9.17) is 11.6 Å². The van der Waals surface area contributed by atoms with Crippen LogP contribution in [-0.4, -0.2) is 36.4 Å². The normalized spacial score (nSPS) is 14.2. The molecule has 0 atom stereocenters. The lowest BCUT2D eigenvalue weighted by molar-refractivity contribution is -0.120. The number of amides is 2. The summed E-state index contributed by atoms with van der Waals surface area (Å²) < 4.78 is 0.806. The van der Waals surface area contributed by atoms with Crippen molar-refractivity contribution in [1.82, 2.24) is 10.3 Å². The first-order chi connectivity index (χ1) is 11.5. The first kappa shape index (κ1) is 16.7. The second kappa shape index (κ2) is 7.19. The zero-order valence-corrected chi connectivity index (χ0v) is 14.9. The number of carbonyl (C=O) groups excluding carboxylic acids is 2. The highest BCUT2D eigenvalue weighted by molar-refractivity contribution is 9.10. The fourth-order valence-electron chi connectivity index (χ4n) is 2.35. The van der Waals surface area contributed by atoms with Gasteiger partial charge in [0.25, 0.3) is 5.91 Å². The highest BCUT2D eigenvalue weighted by atomic mass is 79.9. The standard InChI is InChI=1S/C16H14BrClN4O2/c17-10-1-3-12(13(18)7-10)16(24)21-11-2-4-14(20-8-11)22-6-5-19-15(23)9-22/h1-4,7-8H,5-6,9H2,(H,19,23)(H,21,24). The van der Waals surface area contributed by atoms with Crippen LogP contribution < -0.4 is 15.5 Å². The predicted octanol–water partition coefficient (Wildman–Crippen LogP) is 2.69. The van der Waals surface area contributed by atoms with Crippen molar-refractivity contribution >= 4 is 50.9 Å². The average molecular weight is 410 g/mol. The third-order valence-corrected chi connectivity index (χ3v) is 4.35. The molecule has 0 spiro atoms. The Morgan fingerprint density at radius 2 is 2.17 bits per heavy atom. The first-order valence-electron chi connectivity index (χ1n) is 7.27. The topological polar surface area (TPSA) is 74.3 Å². The molecule has 0 saturated carbocycles. The number of hydrogen-bond acceptors (Lipinski definition) is 4. The monoisotopic (exact) mass is 408 g/mol. The molecule has 8 heteroatoms. The summed E-state index contributed by atoms with van der Waals surface area (Å²) in [7, 11) is 0. The molecule has 1 aliphatic rings. The Morgan fingerprint density at radius 3 is 2.83 bits per heavy atom. The van der Waals surface area contributed by atoms with Crippen LogP contribution in [0.25, 0.3) is 0 Å². The molecule has 0 radical (unpaired) electrons. The number of aromatic nitrogens is 1. The average Bonchev–Trinajstić information content (AvgIpc) is 2.55. The molecule has 2 aromatic rings. The molecule has 0 bridgehead atoms. The zero-order chi connectivity index (χ0) is 17.1. The van der Waals surface area contributed by atoms with Gasteiger partial charge in [-0.25, -0.2) is 4.98 Å². The number of carbonyl (C=O) groups is 2. The number of benzene rings is 1. The van der Waals surface area contributed by atoms with Crippen molar-refractivity contribution in [3.63, 3.8) is 0 Å². The second-order valence-electron chi connectivity index (χ2n) is 5.25. The summed E-state index contributed by atoms with van der Waals surface area (Å²) in [6.07, 6.45) is 1.56. The van der Waals surface area contributed by atoms with E-state index < -0.39 is 0 Å². The van der Waals surface area contributed by atoms with Crippen molar-refractivity contribution in [1.29, 1.82) is 0 Å². The maximum atomic E-state index is 12.3. The van der Waals surface area contributed by atoms with E-state index in [1.807, 2.05) is 4.90 Å². The molecule has 6 nitrogen and oxygen atoms in total. The Morgan fingerprint density at radius 1 is 1.33 bits per heavy atom. The van der Waals surface area contributed by atoms with Crippen molar-refractivity contribution < 1.29 is 9.59 Å². The number of rotatable bonds is 3. The number of piperazine rings is 1. The summed E-state index contributed by atoms with van der Waals surface area (Å²) in [6.45, 7) is 1.59. The van der Waals surface area contributed by atoms with Gasteiger partial charge < -0.3 is 15.5 Å². The lowest BCUT2D eigenvalue weighted by atomic mass is 10.2. The van der Waals surface area contributed by atoms with Crippen LogP contribution in [0.4, 0.5) is 11.5 Å². The molecule has 0 unspecified atom stereocenters. The molecule has 1 fully saturated rings. The van der Waals surface area contributed by atoms with Gasteiger partial charge in [0.1, 0.15) is 5.82 Å². The van der Waals surface area contributed by atoms with Gasteiger partial charge in [0.15, 0.2) is 0 Å². The van der Waals surface area contributed by atoms with Crippen LogP contribution in [-0.2, 0) is 4.79 Å². The first-order valence-corrected chi connectivity index (χ1v) is 8.44. The third kappa shape index (κ3) is 3.85. The van der Waals surface area contributed by atoms with E-state index in [-0.39, 0.29) is 18.4 Å². The minimum Gasteiger partial charge on any atom is -0.353 e. The summed E-state index contributed by atoms with van der Waals surface area (Å²) in [4.78, 5) is 29.9. The van der Waals surface area contributed by atoms with Gasteiger partial charge in [0, 0.05) is 17.6 Å². The van der Waals surface area contributed by atoms with Gasteiger partial charge >= 0.3 is 0 Å². The molecule has 24 heavy (non-hydrogen) atoms. The van der Waals surface area contributed by atoms with Gasteiger partial charge in [-0.2, -0.15) is 0 Å². The molecule has 1 aromatic carbocycles. The van der Waals surface area contributed by atoms with E-state index in [0.717, 1.165) is 4.47 Å². The summed E-state index contributed by atoms with van der Waals surface area (Å²) >= 11 is 9.38. The largest absolute Gasteiger partial charge is 0.353 e. The number of hydrogen-bond donors (Lipinski definition) is 2. The van der Waals surface area contributed by atoms with Crippen LogP contribution in [0.15, 0.2) is 41.0 Å². The van der Waals surface area contributed by atoms with Crippen LogP contribution >= 0.6 is 27.5 Å². The quantitative estimate of drug-likeness (QED) is 0.817. The number of nitrogens with one attached hydrogen (secondary N) is 2. The van der Waals surface area contributed by atoms with Gasteiger partial charge in [0.05, 0.1) is 29.0 Å².